The Kier molecular flexibility index (Phi) is 8.03. The average molecular weight is 399 g/mol. The first kappa shape index (κ1) is 19.8. The highest BCUT2D eigenvalue weighted by molar-refractivity contribution is 9.10. The van der Waals surface area contributed by atoms with Gasteiger partial charge in [-0.2, -0.15) is 5.10 Å². The van der Waals surface area contributed by atoms with Crippen LogP contribution in [-0.2, 0) is 4.79 Å². The summed E-state index contributed by atoms with van der Waals surface area (Å²) in [5.74, 6) is 4.99. The first-order valence-electron chi connectivity index (χ1n) is 7.44. The van der Waals surface area contributed by atoms with E-state index in [-0.39, 0.29) is 24.2 Å². The molecule has 0 aliphatic rings. The van der Waals surface area contributed by atoms with E-state index in [0.717, 1.165) is 4.47 Å². The molecule has 0 heterocycles. The van der Waals surface area contributed by atoms with E-state index in [1.807, 2.05) is 26.0 Å². The second-order valence-corrected chi connectivity index (χ2v) is 6.54. The van der Waals surface area contributed by atoms with Crippen LogP contribution < -0.4 is 27.5 Å². The third-order valence-electron chi connectivity index (χ3n) is 3.04. The van der Waals surface area contributed by atoms with Gasteiger partial charge in [0.2, 0.25) is 5.91 Å². The molecule has 24 heavy (non-hydrogen) atoms. The second-order valence-electron chi connectivity index (χ2n) is 5.63. The van der Waals surface area contributed by atoms with Gasteiger partial charge < -0.3 is 27.5 Å². The zero-order valence-corrected chi connectivity index (χ0v) is 15.3. The van der Waals surface area contributed by atoms with Crippen LogP contribution >= 0.6 is 15.9 Å². The minimum absolute atomic E-state index is 0.0277. The molecule has 0 radical (unpaired) electrons. The predicted molar refractivity (Wildman–Crippen MR) is 98.4 cm³/mol. The Labute approximate surface area is 149 Å². The third-order valence-corrected chi connectivity index (χ3v) is 3.57. The molecule has 9 heteroatoms. The van der Waals surface area contributed by atoms with Gasteiger partial charge in [-0.05, 0) is 36.6 Å². The van der Waals surface area contributed by atoms with Crippen molar-refractivity contribution in [3.63, 3.8) is 0 Å². The molecular weight excluding hydrogens is 376 g/mol. The molecule has 0 bridgehead atoms. The zero-order chi connectivity index (χ0) is 18.1. The summed E-state index contributed by atoms with van der Waals surface area (Å²) < 4.78 is 0.907. The van der Waals surface area contributed by atoms with E-state index in [0.29, 0.717) is 12.1 Å². The van der Waals surface area contributed by atoms with Gasteiger partial charge in [-0.25, -0.2) is 4.79 Å². The summed E-state index contributed by atoms with van der Waals surface area (Å²) in [5.41, 5.74) is 6.07. The normalized spacial score (nSPS) is 12.6. The van der Waals surface area contributed by atoms with Crippen molar-refractivity contribution < 1.29 is 9.59 Å². The summed E-state index contributed by atoms with van der Waals surface area (Å²) in [6.45, 7) is 3.95. The molecule has 1 aromatic carbocycles. The van der Waals surface area contributed by atoms with Crippen molar-refractivity contribution in [1.82, 2.24) is 10.6 Å². The molecule has 0 fully saturated rings. The number of rotatable bonds is 7. The minimum atomic E-state index is -0.689. The summed E-state index contributed by atoms with van der Waals surface area (Å²) in [6, 6.07) is 5.97. The van der Waals surface area contributed by atoms with Crippen LogP contribution in [0.15, 0.2) is 33.8 Å². The number of amidine groups is 1. The molecule has 0 saturated carbocycles. The monoisotopic (exact) mass is 398 g/mol. The minimum Gasteiger partial charge on any atom is -0.384 e. The Morgan fingerprint density at radius 1 is 1.25 bits per heavy atom. The van der Waals surface area contributed by atoms with E-state index in [1.54, 1.807) is 12.1 Å². The number of benzene rings is 1. The topological polar surface area (TPSA) is 135 Å². The Hall–Kier alpha value is -2.29. The molecular formula is C15H23BrN6O2. The van der Waals surface area contributed by atoms with Crippen LogP contribution in [0.2, 0.25) is 0 Å². The van der Waals surface area contributed by atoms with Crippen LogP contribution in [0.25, 0.3) is 0 Å². The van der Waals surface area contributed by atoms with Gasteiger partial charge in [-0.1, -0.05) is 29.8 Å². The van der Waals surface area contributed by atoms with Gasteiger partial charge in [0, 0.05) is 10.2 Å². The fourth-order valence-corrected chi connectivity index (χ4v) is 2.17. The molecule has 0 aromatic heterocycles. The maximum Gasteiger partial charge on any atom is 0.319 e. The van der Waals surface area contributed by atoms with Crippen molar-refractivity contribution in [2.24, 2.45) is 22.6 Å². The summed E-state index contributed by atoms with van der Waals surface area (Å²) in [5, 5.41) is 11.2. The van der Waals surface area contributed by atoms with Crippen molar-refractivity contribution >= 4 is 39.4 Å². The SMILES string of the molecule is CC(C)C[C@H](NC(=O)Nc1ccc(Br)cc1)C(=O)NC/C(N)=N/N. The number of hydrogen-bond donors (Lipinski definition) is 5. The Morgan fingerprint density at radius 3 is 2.42 bits per heavy atom. The van der Waals surface area contributed by atoms with Gasteiger partial charge in [0.1, 0.15) is 11.9 Å². The van der Waals surface area contributed by atoms with Gasteiger partial charge in [-0.15, -0.1) is 0 Å². The van der Waals surface area contributed by atoms with Crippen molar-refractivity contribution in [2.45, 2.75) is 26.3 Å². The van der Waals surface area contributed by atoms with E-state index < -0.39 is 12.1 Å². The summed E-state index contributed by atoms with van der Waals surface area (Å²) >= 11 is 3.32. The van der Waals surface area contributed by atoms with Crippen LogP contribution in [0.3, 0.4) is 0 Å². The fourth-order valence-electron chi connectivity index (χ4n) is 1.91. The summed E-state index contributed by atoms with van der Waals surface area (Å²) in [6.07, 6.45) is 0.485. The molecule has 0 saturated heterocycles. The number of amides is 3. The largest absolute Gasteiger partial charge is 0.384 e. The molecule has 1 rings (SSSR count). The standard InChI is InChI=1S/C15H23BrN6O2/c1-9(2)7-12(14(23)19-8-13(17)22-18)21-15(24)20-11-5-3-10(16)4-6-11/h3-6,9,12H,7-8,18H2,1-2H3,(H2,17,22)(H,19,23)(H2,20,21,24)/t12-/m0/s1. The second kappa shape index (κ2) is 9.76. The van der Waals surface area contributed by atoms with Crippen LogP contribution in [0.1, 0.15) is 20.3 Å². The molecule has 132 valence electrons. The first-order chi connectivity index (χ1) is 11.3. The molecule has 1 atom stereocenters. The van der Waals surface area contributed by atoms with E-state index in [2.05, 4.69) is 37.0 Å². The quantitative estimate of drug-likeness (QED) is 0.205. The number of nitrogens with one attached hydrogen (secondary N) is 3. The lowest BCUT2D eigenvalue weighted by molar-refractivity contribution is -0.123. The molecule has 8 nitrogen and oxygen atoms in total. The lowest BCUT2D eigenvalue weighted by atomic mass is 10.0. The summed E-state index contributed by atoms with van der Waals surface area (Å²) in [7, 11) is 0. The summed E-state index contributed by atoms with van der Waals surface area (Å²) in [4.78, 5) is 24.3. The highest BCUT2D eigenvalue weighted by Gasteiger charge is 2.22. The van der Waals surface area contributed by atoms with Crippen LogP contribution in [0, 0.1) is 5.92 Å². The Morgan fingerprint density at radius 2 is 1.88 bits per heavy atom. The van der Waals surface area contributed by atoms with Gasteiger partial charge >= 0.3 is 6.03 Å². The number of nitrogens with zero attached hydrogens (tertiary/aromatic N) is 1. The number of carbonyl (C=O) groups is 2. The number of nitrogens with two attached hydrogens (primary N) is 2. The average Bonchev–Trinajstić information content (AvgIpc) is 2.53. The predicted octanol–water partition coefficient (Wildman–Crippen LogP) is 1.33. The number of anilines is 1. The van der Waals surface area contributed by atoms with Gasteiger partial charge in [0.15, 0.2) is 0 Å². The van der Waals surface area contributed by atoms with Gasteiger partial charge in [-0.3, -0.25) is 4.79 Å². The van der Waals surface area contributed by atoms with Gasteiger partial charge in [0.25, 0.3) is 0 Å². The van der Waals surface area contributed by atoms with Crippen molar-refractivity contribution in [1.29, 1.82) is 0 Å². The Balaban J connectivity index is 2.65. The number of carbonyl (C=O) groups excluding carboxylic acids is 2. The maximum absolute atomic E-state index is 12.2. The van der Waals surface area contributed by atoms with Crippen molar-refractivity contribution in [3.05, 3.63) is 28.7 Å². The van der Waals surface area contributed by atoms with E-state index in [1.165, 1.54) is 0 Å². The Bertz CT molecular complexity index is 588. The molecule has 0 unspecified atom stereocenters. The number of hydrazone groups is 1. The maximum atomic E-state index is 12.2. The van der Waals surface area contributed by atoms with Crippen LogP contribution in [-0.4, -0.2) is 30.4 Å². The van der Waals surface area contributed by atoms with Crippen molar-refractivity contribution in [3.8, 4) is 0 Å². The van der Waals surface area contributed by atoms with Crippen molar-refractivity contribution in [2.75, 3.05) is 11.9 Å². The molecule has 1 aromatic rings. The fraction of sp³-hybridized carbons (Fsp3) is 0.400. The number of halogens is 1. The first-order valence-corrected chi connectivity index (χ1v) is 8.24. The lowest BCUT2D eigenvalue weighted by Gasteiger charge is -2.20. The van der Waals surface area contributed by atoms with Gasteiger partial charge in [0.05, 0.1) is 6.54 Å². The zero-order valence-electron chi connectivity index (χ0n) is 13.7. The van der Waals surface area contributed by atoms with E-state index >= 15 is 0 Å². The van der Waals surface area contributed by atoms with E-state index in [9.17, 15) is 9.59 Å². The lowest BCUT2D eigenvalue weighted by Crippen LogP contribution is -2.50. The molecule has 0 aliphatic carbocycles. The molecule has 0 aliphatic heterocycles. The number of hydrogen-bond acceptors (Lipinski definition) is 4. The number of urea groups is 1. The molecule has 0 spiro atoms. The third kappa shape index (κ3) is 7.32. The van der Waals surface area contributed by atoms with E-state index in [4.69, 9.17) is 11.6 Å². The van der Waals surface area contributed by atoms with Crippen LogP contribution in [0.5, 0.6) is 0 Å². The highest BCUT2D eigenvalue weighted by atomic mass is 79.9. The van der Waals surface area contributed by atoms with Crippen LogP contribution in [0.4, 0.5) is 10.5 Å². The molecule has 3 amide bonds. The molecule has 7 N–H and O–H groups in total. The highest BCUT2D eigenvalue weighted by Crippen LogP contribution is 2.14. The smallest absolute Gasteiger partial charge is 0.319 e.